The molecule has 0 fully saturated rings. The lowest BCUT2D eigenvalue weighted by Crippen LogP contribution is -2.24. The van der Waals surface area contributed by atoms with Crippen molar-refractivity contribution in [3.63, 3.8) is 0 Å². The molecule has 2 aromatic rings. The molecule has 24 heavy (non-hydrogen) atoms. The van der Waals surface area contributed by atoms with Crippen LogP contribution in [0.5, 0.6) is 0 Å². The van der Waals surface area contributed by atoms with Crippen molar-refractivity contribution in [2.75, 3.05) is 0 Å². The van der Waals surface area contributed by atoms with Gasteiger partial charge in [-0.05, 0) is 42.0 Å². The zero-order valence-electron chi connectivity index (χ0n) is 13.7. The Bertz CT molecular complexity index is 691. The van der Waals surface area contributed by atoms with Crippen molar-refractivity contribution in [1.29, 1.82) is 0 Å². The highest BCUT2D eigenvalue weighted by molar-refractivity contribution is 7.12. The Labute approximate surface area is 145 Å². The van der Waals surface area contributed by atoms with Gasteiger partial charge in [-0.25, -0.2) is 4.79 Å². The van der Waals surface area contributed by atoms with Crippen LogP contribution < -0.4 is 5.32 Å². The van der Waals surface area contributed by atoms with Gasteiger partial charge in [0.1, 0.15) is 4.88 Å². The van der Waals surface area contributed by atoms with E-state index in [0.717, 1.165) is 28.0 Å². The fraction of sp³-hybridized carbons (Fsp3) is 0.333. The van der Waals surface area contributed by atoms with Gasteiger partial charge in [-0.2, -0.15) is 0 Å². The Kier molecular flexibility index (Phi) is 6.52. The highest BCUT2D eigenvalue weighted by Crippen LogP contribution is 2.15. The summed E-state index contributed by atoms with van der Waals surface area (Å²) in [4.78, 5) is 23.0. The molecule has 0 unspecified atom stereocenters. The van der Waals surface area contributed by atoms with Crippen LogP contribution in [0.4, 0.5) is 0 Å². The second-order valence-electron chi connectivity index (χ2n) is 5.75. The smallest absolute Gasteiger partial charge is 0.345 e. The Morgan fingerprint density at radius 1 is 1.17 bits per heavy atom. The number of ether oxygens (including phenoxy) is 1. The Balaban J connectivity index is 1.79. The van der Waals surface area contributed by atoms with Crippen molar-refractivity contribution >= 4 is 23.2 Å². The maximum atomic E-state index is 11.9. The molecule has 0 spiro atoms. The van der Waals surface area contributed by atoms with Gasteiger partial charge in [-0.1, -0.05) is 24.3 Å². The third-order valence-electron chi connectivity index (χ3n) is 3.33. The predicted octanol–water partition coefficient (Wildman–Crippen LogP) is 3.23. The normalized spacial score (nSPS) is 10.8. The third kappa shape index (κ3) is 5.79. The maximum absolute atomic E-state index is 11.9. The number of nitrogens with one attached hydrogen (secondary N) is 1. The number of hydrogen-bond donors (Lipinski definition) is 2. The molecule has 1 heterocycles. The molecule has 2 rings (SSSR count). The van der Waals surface area contributed by atoms with E-state index in [1.807, 2.05) is 38.1 Å². The highest BCUT2D eigenvalue weighted by atomic mass is 32.1. The monoisotopic (exact) mass is 347 g/mol. The molecule has 0 saturated carbocycles. The number of amides is 1. The molecule has 6 heteroatoms. The van der Waals surface area contributed by atoms with Crippen LogP contribution in [0.25, 0.3) is 0 Å². The average molecular weight is 347 g/mol. The number of hydrogen-bond acceptors (Lipinski definition) is 4. The van der Waals surface area contributed by atoms with Crippen LogP contribution in [-0.4, -0.2) is 23.1 Å². The van der Waals surface area contributed by atoms with Crippen LogP contribution in [0.1, 0.15) is 40.2 Å². The van der Waals surface area contributed by atoms with Crippen LogP contribution in [0.3, 0.4) is 0 Å². The predicted molar refractivity (Wildman–Crippen MR) is 93.2 cm³/mol. The standard InChI is InChI=1S/C18H21NO4S/c1-12(2)23-10-14-5-3-13(4-6-14)9-19-17(20)8-15-7-16(18(21)22)24-11-15/h3-7,11-12H,8-10H2,1-2H3,(H,19,20)(H,21,22). The van der Waals surface area contributed by atoms with Crippen LogP contribution in [-0.2, 0) is 29.1 Å². The molecule has 5 nitrogen and oxygen atoms in total. The second-order valence-corrected chi connectivity index (χ2v) is 6.67. The largest absolute Gasteiger partial charge is 0.477 e. The van der Waals surface area contributed by atoms with Crippen molar-refractivity contribution in [3.05, 3.63) is 57.3 Å². The van der Waals surface area contributed by atoms with E-state index < -0.39 is 5.97 Å². The molecule has 0 atom stereocenters. The topological polar surface area (TPSA) is 75.6 Å². The molecule has 0 saturated heterocycles. The Morgan fingerprint density at radius 2 is 1.83 bits per heavy atom. The van der Waals surface area contributed by atoms with Gasteiger partial charge < -0.3 is 15.2 Å². The summed E-state index contributed by atoms with van der Waals surface area (Å²) < 4.78 is 5.54. The number of carbonyl (C=O) groups is 2. The summed E-state index contributed by atoms with van der Waals surface area (Å²) >= 11 is 1.13. The summed E-state index contributed by atoms with van der Waals surface area (Å²) in [5, 5.41) is 13.4. The van der Waals surface area contributed by atoms with Crippen molar-refractivity contribution < 1.29 is 19.4 Å². The Hall–Kier alpha value is -2.18. The summed E-state index contributed by atoms with van der Waals surface area (Å²) in [7, 11) is 0. The lowest BCUT2D eigenvalue weighted by atomic mass is 10.1. The van der Waals surface area contributed by atoms with Crippen molar-refractivity contribution in [1.82, 2.24) is 5.32 Å². The van der Waals surface area contributed by atoms with Gasteiger partial charge in [0.15, 0.2) is 0 Å². The van der Waals surface area contributed by atoms with E-state index in [1.165, 1.54) is 6.07 Å². The summed E-state index contributed by atoms with van der Waals surface area (Å²) in [6.07, 6.45) is 0.382. The summed E-state index contributed by atoms with van der Waals surface area (Å²) in [5.41, 5.74) is 2.82. The minimum absolute atomic E-state index is 0.128. The number of benzene rings is 1. The average Bonchev–Trinajstić information content (AvgIpc) is 3.00. The molecule has 1 aromatic heterocycles. The van der Waals surface area contributed by atoms with E-state index in [9.17, 15) is 9.59 Å². The molecule has 0 aliphatic heterocycles. The van der Waals surface area contributed by atoms with Gasteiger partial charge in [0, 0.05) is 6.54 Å². The lowest BCUT2D eigenvalue weighted by Gasteiger charge is -2.09. The molecule has 0 aliphatic carbocycles. The number of rotatable bonds is 8. The fourth-order valence-corrected chi connectivity index (χ4v) is 2.80. The summed E-state index contributed by atoms with van der Waals surface area (Å²) in [5.74, 6) is -1.09. The minimum Gasteiger partial charge on any atom is -0.477 e. The molecule has 1 aromatic carbocycles. The SMILES string of the molecule is CC(C)OCc1ccc(CNC(=O)Cc2csc(C(=O)O)c2)cc1. The molecule has 2 N–H and O–H groups in total. The molecular formula is C18H21NO4S. The molecule has 0 radical (unpaired) electrons. The van der Waals surface area contributed by atoms with Gasteiger partial charge in [0.25, 0.3) is 0 Å². The molecular weight excluding hydrogens is 326 g/mol. The zero-order valence-corrected chi connectivity index (χ0v) is 14.6. The first kappa shape index (κ1) is 18.2. The van der Waals surface area contributed by atoms with E-state index in [4.69, 9.17) is 9.84 Å². The van der Waals surface area contributed by atoms with E-state index in [0.29, 0.717) is 13.2 Å². The van der Waals surface area contributed by atoms with Crippen LogP contribution in [0.2, 0.25) is 0 Å². The number of carbonyl (C=O) groups excluding carboxylic acids is 1. The first-order valence-corrected chi connectivity index (χ1v) is 8.59. The first-order valence-electron chi connectivity index (χ1n) is 7.71. The first-order chi connectivity index (χ1) is 11.4. The van der Waals surface area contributed by atoms with Crippen LogP contribution in [0.15, 0.2) is 35.7 Å². The van der Waals surface area contributed by atoms with Crippen LogP contribution in [0, 0.1) is 0 Å². The minimum atomic E-state index is -0.965. The van der Waals surface area contributed by atoms with Crippen molar-refractivity contribution in [2.45, 2.75) is 39.5 Å². The maximum Gasteiger partial charge on any atom is 0.345 e. The van der Waals surface area contributed by atoms with Gasteiger partial charge >= 0.3 is 5.97 Å². The Morgan fingerprint density at radius 3 is 2.42 bits per heavy atom. The lowest BCUT2D eigenvalue weighted by molar-refractivity contribution is -0.120. The van der Waals surface area contributed by atoms with E-state index in [1.54, 1.807) is 5.38 Å². The van der Waals surface area contributed by atoms with E-state index in [-0.39, 0.29) is 23.3 Å². The highest BCUT2D eigenvalue weighted by Gasteiger charge is 2.10. The quantitative estimate of drug-likeness (QED) is 0.769. The van der Waals surface area contributed by atoms with Gasteiger partial charge in [-0.3, -0.25) is 4.79 Å². The van der Waals surface area contributed by atoms with E-state index >= 15 is 0 Å². The van der Waals surface area contributed by atoms with Gasteiger partial charge in [0.05, 0.1) is 19.1 Å². The number of aromatic carboxylic acids is 1. The second kappa shape index (κ2) is 8.61. The number of carboxylic acid groups (broad SMARTS) is 1. The fourth-order valence-electron chi connectivity index (χ4n) is 2.05. The van der Waals surface area contributed by atoms with Crippen molar-refractivity contribution in [2.24, 2.45) is 0 Å². The number of thiophene rings is 1. The van der Waals surface area contributed by atoms with E-state index in [2.05, 4.69) is 5.32 Å². The van der Waals surface area contributed by atoms with Gasteiger partial charge in [-0.15, -0.1) is 11.3 Å². The zero-order chi connectivity index (χ0) is 17.5. The summed E-state index contributed by atoms with van der Waals surface area (Å²) in [6.45, 7) is 5.02. The van der Waals surface area contributed by atoms with Crippen LogP contribution >= 0.6 is 11.3 Å². The molecule has 0 aliphatic rings. The molecule has 0 bridgehead atoms. The van der Waals surface area contributed by atoms with Gasteiger partial charge in [0.2, 0.25) is 5.91 Å². The van der Waals surface area contributed by atoms with Crippen molar-refractivity contribution in [3.8, 4) is 0 Å². The number of carboxylic acids is 1. The molecule has 128 valence electrons. The summed E-state index contributed by atoms with van der Waals surface area (Å²) in [6, 6.07) is 9.44. The third-order valence-corrected chi connectivity index (χ3v) is 4.29. The molecule has 1 amide bonds.